The molecular weight excluding hydrogens is 270 g/mol. The van der Waals surface area contributed by atoms with Crippen LogP contribution in [0.15, 0.2) is 24.3 Å². The maximum absolute atomic E-state index is 3.57. The summed E-state index contributed by atoms with van der Waals surface area (Å²) in [6.07, 6.45) is 6.83. The Morgan fingerprint density at radius 1 is 1.00 bits per heavy atom. The molecule has 1 aromatic rings. The lowest BCUT2D eigenvalue weighted by molar-refractivity contribution is 0.154. The molecule has 1 N–H and O–H groups in total. The minimum atomic E-state index is 0.825. The average Bonchev–Trinajstić information content (AvgIpc) is 3.08. The molecule has 0 amide bonds. The van der Waals surface area contributed by atoms with E-state index in [2.05, 4.69) is 46.4 Å². The Morgan fingerprint density at radius 2 is 1.68 bits per heavy atom. The smallest absolute Gasteiger partial charge is 0.0340 e. The molecule has 2 fully saturated rings. The Bertz CT molecular complexity index is 428. The fraction of sp³-hybridized carbons (Fsp3) is 0.684. The molecule has 1 saturated carbocycles. The first-order valence-electron chi connectivity index (χ1n) is 9.06. The highest BCUT2D eigenvalue weighted by Crippen LogP contribution is 2.34. The van der Waals surface area contributed by atoms with Gasteiger partial charge in [-0.2, -0.15) is 0 Å². The topological polar surface area (TPSA) is 18.5 Å². The standard InChI is InChI=1S/C19H31N3/c1-21-13-15-22(16-14-21)12-4-11-20-19-9-7-18(8-10-19)17-5-2-3-6-17/h7-10,17,20H,2-6,11-16H2,1H3. The molecular formula is C19H31N3. The highest BCUT2D eigenvalue weighted by Gasteiger charge is 2.16. The summed E-state index contributed by atoms with van der Waals surface area (Å²) in [7, 11) is 2.22. The van der Waals surface area contributed by atoms with Crippen molar-refractivity contribution < 1.29 is 0 Å². The number of nitrogens with one attached hydrogen (secondary N) is 1. The number of likely N-dealkylation sites (N-methyl/N-ethyl adjacent to an activating group) is 1. The van der Waals surface area contributed by atoms with Crippen molar-refractivity contribution in [2.45, 2.75) is 38.0 Å². The predicted octanol–water partition coefficient (Wildman–Crippen LogP) is 3.39. The molecule has 3 nitrogen and oxygen atoms in total. The van der Waals surface area contributed by atoms with Crippen LogP contribution in [0, 0.1) is 0 Å². The van der Waals surface area contributed by atoms with Crippen molar-refractivity contribution in [2.75, 3.05) is 51.6 Å². The van der Waals surface area contributed by atoms with Crippen molar-refractivity contribution in [3.8, 4) is 0 Å². The molecule has 2 aliphatic rings. The second-order valence-electron chi connectivity index (χ2n) is 7.03. The van der Waals surface area contributed by atoms with Crippen molar-refractivity contribution in [2.24, 2.45) is 0 Å². The fourth-order valence-corrected chi connectivity index (χ4v) is 3.74. The van der Waals surface area contributed by atoms with Crippen LogP contribution in [0.5, 0.6) is 0 Å². The molecule has 3 rings (SSSR count). The average molecular weight is 301 g/mol. The zero-order chi connectivity index (χ0) is 15.2. The second kappa shape index (κ2) is 7.98. The number of hydrogen-bond donors (Lipinski definition) is 1. The molecule has 0 radical (unpaired) electrons. The molecule has 1 heterocycles. The summed E-state index contributed by atoms with van der Waals surface area (Å²) in [6.45, 7) is 7.20. The Kier molecular flexibility index (Phi) is 5.74. The van der Waals surface area contributed by atoms with Gasteiger partial charge in [-0.3, -0.25) is 0 Å². The highest BCUT2D eigenvalue weighted by atomic mass is 15.2. The minimum absolute atomic E-state index is 0.825. The summed E-state index contributed by atoms with van der Waals surface area (Å²) in [4.78, 5) is 5.01. The third-order valence-electron chi connectivity index (χ3n) is 5.31. The van der Waals surface area contributed by atoms with Gasteiger partial charge in [-0.25, -0.2) is 0 Å². The van der Waals surface area contributed by atoms with Crippen molar-refractivity contribution in [1.29, 1.82) is 0 Å². The molecule has 122 valence electrons. The molecule has 22 heavy (non-hydrogen) atoms. The summed E-state index contributed by atoms with van der Waals surface area (Å²) >= 11 is 0. The third-order valence-corrected chi connectivity index (χ3v) is 5.31. The second-order valence-corrected chi connectivity index (χ2v) is 7.03. The van der Waals surface area contributed by atoms with Gasteiger partial charge >= 0.3 is 0 Å². The Balaban J connectivity index is 1.35. The van der Waals surface area contributed by atoms with Gasteiger partial charge in [0.2, 0.25) is 0 Å². The molecule has 0 spiro atoms. The van der Waals surface area contributed by atoms with Gasteiger partial charge in [0.15, 0.2) is 0 Å². The lowest BCUT2D eigenvalue weighted by Gasteiger charge is -2.32. The third kappa shape index (κ3) is 4.47. The van der Waals surface area contributed by atoms with E-state index in [1.807, 2.05) is 0 Å². The van der Waals surface area contributed by atoms with Crippen LogP contribution < -0.4 is 5.32 Å². The maximum atomic E-state index is 3.57. The van der Waals surface area contributed by atoms with E-state index in [1.54, 1.807) is 5.56 Å². The number of anilines is 1. The quantitative estimate of drug-likeness (QED) is 0.813. The van der Waals surface area contributed by atoms with E-state index in [4.69, 9.17) is 0 Å². The van der Waals surface area contributed by atoms with Crippen LogP contribution in [0.4, 0.5) is 5.69 Å². The van der Waals surface area contributed by atoms with Crippen LogP contribution in [0.3, 0.4) is 0 Å². The van der Waals surface area contributed by atoms with Gasteiger partial charge in [0.1, 0.15) is 0 Å². The summed E-state index contributed by atoms with van der Waals surface area (Å²) in [6, 6.07) is 9.20. The maximum Gasteiger partial charge on any atom is 0.0340 e. The number of rotatable bonds is 6. The summed E-state index contributed by atoms with van der Waals surface area (Å²) in [5.74, 6) is 0.825. The molecule has 1 aliphatic carbocycles. The van der Waals surface area contributed by atoms with Gasteiger partial charge in [0.05, 0.1) is 0 Å². The predicted molar refractivity (Wildman–Crippen MR) is 94.7 cm³/mol. The van der Waals surface area contributed by atoms with Crippen molar-refractivity contribution in [3.63, 3.8) is 0 Å². The Hall–Kier alpha value is -1.06. The van der Waals surface area contributed by atoms with Crippen LogP contribution >= 0.6 is 0 Å². The molecule has 0 atom stereocenters. The van der Waals surface area contributed by atoms with E-state index >= 15 is 0 Å². The van der Waals surface area contributed by atoms with E-state index < -0.39 is 0 Å². The van der Waals surface area contributed by atoms with Crippen LogP contribution in [0.25, 0.3) is 0 Å². The number of piperazine rings is 1. The normalized spacial score (nSPS) is 21.3. The first-order valence-corrected chi connectivity index (χ1v) is 9.06. The molecule has 0 aromatic heterocycles. The Morgan fingerprint density at radius 3 is 2.36 bits per heavy atom. The number of nitrogens with zero attached hydrogens (tertiary/aromatic N) is 2. The summed E-state index contributed by atoms with van der Waals surface area (Å²) in [5.41, 5.74) is 2.82. The zero-order valence-corrected chi connectivity index (χ0v) is 14.1. The highest BCUT2D eigenvalue weighted by molar-refractivity contribution is 5.45. The van der Waals surface area contributed by atoms with E-state index in [9.17, 15) is 0 Å². The van der Waals surface area contributed by atoms with Crippen LogP contribution in [-0.4, -0.2) is 56.1 Å². The zero-order valence-electron chi connectivity index (χ0n) is 14.1. The van der Waals surface area contributed by atoms with Gasteiger partial charge in [-0.05, 0) is 56.5 Å². The van der Waals surface area contributed by atoms with Gasteiger partial charge in [0.25, 0.3) is 0 Å². The first-order chi connectivity index (χ1) is 10.8. The Labute approximate surface area is 135 Å². The van der Waals surface area contributed by atoms with Crippen molar-refractivity contribution in [3.05, 3.63) is 29.8 Å². The molecule has 1 aromatic carbocycles. The lowest BCUT2D eigenvalue weighted by atomic mass is 9.98. The summed E-state index contributed by atoms with van der Waals surface area (Å²) < 4.78 is 0. The lowest BCUT2D eigenvalue weighted by Crippen LogP contribution is -2.44. The number of hydrogen-bond acceptors (Lipinski definition) is 3. The van der Waals surface area contributed by atoms with E-state index in [1.165, 1.54) is 70.5 Å². The SMILES string of the molecule is CN1CCN(CCCNc2ccc(C3CCCC3)cc2)CC1. The van der Waals surface area contributed by atoms with Gasteiger partial charge in [-0.15, -0.1) is 0 Å². The van der Waals surface area contributed by atoms with Gasteiger partial charge < -0.3 is 15.1 Å². The minimum Gasteiger partial charge on any atom is -0.385 e. The molecule has 1 saturated heterocycles. The van der Waals surface area contributed by atoms with Gasteiger partial charge in [-0.1, -0.05) is 25.0 Å². The van der Waals surface area contributed by atoms with E-state index in [-0.39, 0.29) is 0 Å². The summed E-state index contributed by atoms with van der Waals surface area (Å²) in [5, 5.41) is 3.57. The number of benzene rings is 1. The van der Waals surface area contributed by atoms with Crippen LogP contribution in [-0.2, 0) is 0 Å². The fourth-order valence-electron chi connectivity index (χ4n) is 3.74. The largest absolute Gasteiger partial charge is 0.385 e. The van der Waals surface area contributed by atoms with Crippen LogP contribution in [0.2, 0.25) is 0 Å². The first kappa shape index (κ1) is 15.8. The van der Waals surface area contributed by atoms with Crippen molar-refractivity contribution in [1.82, 2.24) is 9.80 Å². The molecule has 3 heteroatoms. The molecule has 0 bridgehead atoms. The van der Waals surface area contributed by atoms with Crippen molar-refractivity contribution >= 4 is 5.69 Å². The van der Waals surface area contributed by atoms with Crippen LogP contribution in [0.1, 0.15) is 43.6 Å². The van der Waals surface area contributed by atoms with E-state index in [0.717, 1.165) is 12.5 Å². The van der Waals surface area contributed by atoms with E-state index in [0.29, 0.717) is 0 Å². The van der Waals surface area contributed by atoms with Gasteiger partial charge in [0, 0.05) is 38.4 Å². The molecule has 0 unspecified atom stereocenters. The molecule has 1 aliphatic heterocycles. The monoisotopic (exact) mass is 301 g/mol.